The van der Waals surface area contributed by atoms with Crippen molar-refractivity contribution in [3.05, 3.63) is 64.2 Å². The molecule has 0 unspecified atom stereocenters. The molecule has 0 bridgehead atoms. The van der Waals surface area contributed by atoms with Crippen LogP contribution in [0.5, 0.6) is 0 Å². The first kappa shape index (κ1) is 29.6. The number of carbonyl (C=O) groups excluding carboxylic acids is 2. The lowest BCUT2D eigenvalue weighted by Gasteiger charge is -2.26. The van der Waals surface area contributed by atoms with E-state index in [-0.39, 0.29) is 24.2 Å². The van der Waals surface area contributed by atoms with Gasteiger partial charge in [-0.15, -0.1) is 0 Å². The average molecular weight is 598 g/mol. The topological polar surface area (TPSA) is 133 Å². The molecule has 3 N–H and O–H groups in total. The fourth-order valence-electron chi connectivity index (χ4n) is 5.02. The van der Waals surface area contributed by atoms with Crippen LogP contribution in [0, 0.1) is 5.82 Å². The van der Waals surface area contributed by atoms with Crippen LogP contribution in [-0.2, 0) is 16.1 Å². The summed E-state index contributed by atoms with van der Waals surface area (Å²) in [6.45, 7) is 2.58. The molecule has 4 heterocycles. The van der Waals surface area contributed by atoms with Gasteiger partial charge < -0.3 is 30.3 Å². The predicted octanol–water partition coefficient (Wildman–Crippen LogP) is 3.18. The number of rotatable bonds is 9. The Hall–Kier alpha value is -3.87. The van der Waals surface area contributed by atoms with Crippen molar-refractivity contribution < 1.29 is 23.8 Å². The number of nitrogens with one attached hydrogen (secondary N) is 2. The van der Waals surface area contributed by atoms with Crippen LogP contribution in [-0.4, -0.2) is 82.8 Å². The summed E-state index contributed by atoms with van der Waals surface area (Å²) in [5.74, 6) is -0.613. The summed E-state index contributed by atoms with van der Waals surface area (Å²) in [4.78, 5) is 43.0. The van der Waals surface area contributed by atoms with Gasteiger partial charge in [-0.3, -0.25) is 9.59 Å². The standard InChI is InChI=1S/C29H33ClFN7O4/c1-16(27(40)34-23(15-39)26-22(31)6-7-24(35-26)37(2)3)38-14-18-5-4-17(12-20(18)28(38)41)25-21(30)13-32-29(36-25)33-19-8-10-42-11-9-19/h4-7,12-13,16,19,23,39H,8-11,14-15H2,1-3H3,(H,34,40)(H,32,33,36)/t16-,23-/m1/s1. The zero-order valence-electron chi connectivity index (χ0n) is 23.6. The van der Waals surface area contributed by atoms with E-state index in [1.54, 1.807) is 32.0 Å². The van der Waals surface area contributed by atoms with Crippen LogP contribution in [0.4, 0.5) is 16.2 Å². The number of amides is 2. The smallest absolute Gasteiger partial charge is 0.255 e. The van der Waals surface area contributed by atoms with Gasteiger partial charge in [0.1, 0.15) is 23.4 Å². The third kappa shape index (κ3) is 6.15. The number of hydrogen-bond acceptors (Lipinski definition) is 9. The molecular formula is C29H33ClFN7O4. The Labute approximate surface area is 248 Å². The van der Waals surface area contributed by atoms with Gasteiger partial charge in [0.05, 0.1) is 29.6 Å². The molecule has 2 aromatic heterocycles. The number of ether oxygens (including phenoxy) is 1. The SMILES string of the molecule is C[C@H](C(=O)N[C@H](CO)c1nc(N(C)C)ccc1F)N1Cc2ccc(-c3nc(NC4CCOCC4)ncc3Cl)cc2C1=O. The van der Waals surface area contributed by atoms with Crippen LogP contribution >= 0.6 is 11.6 Å². The molecule has 3 aromatic rings. The minimum Gasteiger partial charge on any atom is -0.394 e. The minimum atomic E-state index is -1.09. The molecule has 1 aromatic carbocycles. The van der Waals surface area contributed by atoms with E-state index in [2.05, 4.69) is 25.6 Å². The van der Waals surface area contributed by atoms with Gasteiger partial charge in [-0.05, 0) is 43.5 Å². The molecule has 0 radical (unpaired) electrons. The van der Waals surface area contributed by atoms with E-state index < -0.39 is 30.4 Å². The monoisotopic (exact) mass is 597 g/mol. The van der Waals surface area contributed by atoms with Crippen molar-refractivity contribution >= 4 is 35.2 Å². The van der Waals surface area contributed by atoms with Gasteiger partial charge in [-0.1, -0.05) is 23.7 Å². The Morgan fingerprint density at radius 1 is 1.24 bits per heavy atom. The van der Waals surface area contributed by atoms with Crippen molar-refractivity contribution in [3.63, 3.8) is 0 Å². The fraction of sp³-hybridized carbons (Fsp3) is 0.414. The number of hydrogen-bond donors (Lipinski definition) is 3. The second-order valence-corrected chi connectivity index (χ2v) is 11.0. The van der Waals surface area contributed by atoms with E-state index in [1.807, 2.05) is 12.1 Å². The summed E-state index contributed by atoms with van der Waals surface area (Å²) in [6.07, 6.45) is 3.23. The van der Waals surface area contributed by atoms with E-state index in [0.29, 0.717) is 46.8 Å². The van der Waals surface area contributed by atoms with E-state index in [1.165, 1.54) is 23.2 Å². The first-order valence-corrected chi connectivity index (χ1v) is 14.1. The number of aliphatic hydroxyl groups excluding tert-OH is 1. The summed E-state index contributed by atoms with van der Waals surface area (Å²) in [5.41, 5.74) is 2.23. The lowest BCUT2D eigenvalue weighted by atomic mass is 10.0. The van der Waals surface area contributed by atoms with E-state index in [0.717, 1.165) is 18.4 Å². The Kier molecular flexibility index (Phi) is 8.85. The third-order valence-electron chi connectivity index (χ3n) is 7.51. The molecule has 222 valence electrons. The summed E-state index contributed by atoms with van der Waals surface area (Å²) in [5, 5.41) is 16.3. The Bertz CT molecular complexity index is 1480. The van der Waals surface area contributed by atoms with Gasteiger partial charge in [0.15, 0.2) is 0 Å². The van der Waals surface area contributed by atoms with Crippen LogP contribution < -0.4 is 15.5 Å². The maximum atomic E-state index is 14.6. The number of fused-ring (bicyclic) bond motifs is 1. The molecule has 13 heteroatoms. The van der Waals surface area contributed by atoms with Crippen LogP contribution in [0.25, 0.3) is 11.3 Å². The van der Waals surface area contributed by atoms with Gasteiger partial charge in [-0.25, -0.2) is 19.3 Å². The predicted molar refractivity (Wildman–Crippen MR) is 156 cm³/mol. The average Bonchev–Trinajstić information content (AvgIpc) is 3.32. The van der Waals surface area contributed by atoms with Gasteiger partial charge in [0.2, 0.25) is 11.9 Å². The van der Waals surface area contributed by atoms with Crippen molar-refractivity contribution in [2.75, 3.05) is 44.1 Å². The number of aliphatic hydroxyl groups is 1. The molecular weight excluding hydrogens is 565 g/mol. The number of anilines is 2. The van der Waals surface area contributed by atoms with Crippen LogP contribution in [0.1, 0.15) is 47.4 Å². The fourth-order valence-corrected chi connectivity index (χ4v) is 5.22. The second-order valence-electron chi connectivity index (χ2n) is 10.6. The molecule has 1 fully saturated rings. The minimum absolute atomic E-state index is 0.0858. The van der Waals surface area contributed by atoms with Crippen LogP contribution in [0.2, 0.25) is 5.02 Å². The van der Waals surface area contributed by atoms with Crippen molar-refractivity contribution in [2.45, 2.75) is 44.4 Å². The summed E-state index contributed by atoms with van der Waals surface area (Å²) in [6, 6.07) is 6.32. The van der Waals surface area contributed by atoms with Gasteiger partial charge >= 0.3 is 0 Å². The van der Waals surface area contributed by atoms with Gasteiger partial charge in [0.25, 0.3) is 5.91 Å². The van der Waals surface area contributed by atoms with Crippen molar-refractivity contribution in [2.24, 2.45) is 0 Å². The molecule has 1 saturated heterocycles. The van der Waals surface area contributed by atoms with Crippen LogP contribution in [0.15, 0.2) is 36.5 Å². The summed E-state index contributed by atoms with van der Waals surface area (Å²) in [7, 11) is 3.51. The lowest BCUT2D eigenvalue weighted by Crippen LogP contribution is -2.47. The molecule has 2 aliphatic heterocycles. The highest BCUT2D eigenvalue weighted by Gasteiger charge is 2.35. The number of aromatic nitrogens is 3. The molecule has 2 atom stereocenters. The summed E-state index contributed by atoms with van der Waals surface area (Å²) >= 11 is 6.46. The number of nitrogens with zero attached hydrogens (tertiary/aromatic N) is 5. The third-order valence-corrected chi connectivity index (χ3v) is 7.78. The van der Waals surface area contributed by atoms with E-state index in [4.69, 9.17) is 16.3 Å². The zero-order chi connectivity index (χ0) is 30.0. The van der Waals surface area contributed by atoms with E-state index in [9.17, 15) is 19.1 Å². The lowest BCUT2D eigenvalue weighted by molar-refractivity contribution is -0.126. The number of halogens is 2. The summed E-state index contributed by atoms with van der Waals surface area (Å²) < 4.78 is 20.0. The molecule has 11 nitrogen and oxygen atoms in total. The highest BCUT2D eigenvalue weighted by Crippen LogP contribution is 2.32. The first-order valence-electron chi connectivity index (χ1n) is 13.7. The quantitative estimate of drug-likeness (QED) is 0.340. The zero-order valence-corrected chi connectivity index (χ0v) is 24.4. The van der Waals surface area contributed by atoms with E-state index >= 15 is 0 Å². The highest BCUT2D eigenvalue weighted by atomic mass is 35.5. The largest absolute Gasteiger partial charge is 0.394 e. The molecule has 0 saturated carbocycles. The maximum Gasteiger partial charge on any atom is 0.255 e. The Morgan fingerprint density at radius 3 is 2.71 bits per heavy atom. The van der Waals surface area contributed by atoms with Crippen molar-refractivity contribution in [1.29, 1.82) is 0 Å². The molecule has 2 aliphatic rings. The Morgan fingerprint density at radius 2 is 2.00 bits per heavy atom. The number of pyridine rings is 1. The van der Waals surface area contributed by atoms with Gasteiger partial charge in [0, 0.05) is 51.0 Å². The normalized spacial score (nSPS) is 16.6. The van der Waals surface area contributed by atoms with Crippen LogP contribution in [0.3, 0.4) is 0 Å². The van der Waals surface area contributed by atoms with Gasteiger partial charge in [-0.2, -0.15) is 0 Å². The Balaban J connectivity index is 1.31. The molecule has 0 spiro atoms. The molecule has 0 aliphatic carbocycles. The van der Waals surface area contributed by atoms with Crippen molar-refractivity contribution in [1.82, 2.24) is 25.2 Å². The molecule has 42 heavy (non-hydrogen) atoms. The maximum absolute atomic E-state index is 14.6. The van der Waals surface area contributed by atoms with Crippen molar-refractivity contribution in [3.8, 4) is 11.3 Å². The molecule has 5 rings (SSSR count). The second kappa shape index (κ2) is 12.6. The number of benzene rings is 1. The molecule has 2 amide bonds. The number of carbonyl (C=O) groups is 2. The first-order chi connectivity index (χ1) is 20.2. The highest BCUT2D eigenvalue weighted by molar-refractivity contribution is 6.33.